The molecule has 0 amide bonds. The van der Waals surface area contributed by atoms with Crippen LogP contribution in [-0.4, -0.2) is 43.5 Å². The van der Waals surface area contributed by atoms with Gasteiger partial charge >= 0.3 is 0 Å². The molecule has 1 aromatic rings. The van der Waals surface area contributed by atoms with Gasteiger partial charge in [-0.3, -0.25) is 0 Å². The Morgan fingerprint density at radius 2 is 2.29 bits per heavy atom. The third-order valence-electron chi connectivity index (χ3n) is 2.77. The number of pyridine rings is 1. The number of hydrogen-bond acceptors (Lipinski definition) is 5. The molecule has 0 unspecified atom stereocenters. The molecule has 1 saturated heterocycles. The van der Waals surface area contributed by atoms with E-state index in [0.717, 1.165) is 26.2 Å². The van der Waals surface area contributed by atoms with Crippen molar-refractivity contribution in [3.8, 4) is 5.88 Å². The van der Waals surface area contributed by atoms with Crippen LogP contribution in [0.25, 0.3) is 0 Å². The fourth-order valence-corrected chi connectivity index (χ4v) is 1.99. The topological polar surface area (TPSA) is 37.4 Å². The van der Waals surface area contributed by atoms with Crippen LogP contribution in [0.4, 0.5) is 5.69 Å². The molecule has 17 heavy (non-hydrogen) atoms. The summed E-state index contributed by atoms with van der Waals surface area (Å²) in [5, 5.41) is 3.39. The van der Waals surface area contributed by atoms with Gasteiger partial charge in [0.2, 0.25) is 5.88 Å². The summed E-state index contributed by atoms with van der Waals surface area (Å²) in [5.41, 5.74) is 1.17. The third kappa shape index (κ3) is 3.78. The molecule has 5 heteroatoms. The van der Waals surface area contributed by atoms with Crippen molar-refractivity contribution >= 4 is 18.3 Å². The second-order valence-corrected chi connectivity index (χ2v) is 4.46. The van der Waals surface area contributed by atoms with Gasteiger partial charge < -0.3 is 15.0 Å². The molecule has 1 N–H and O–H groups in total. The van der Waals surface area contributed by atoms with Crippen LogP contribution in [0, 0.1) is 0 Å². The summed E-state index contributed by atoms with van der Waals surface area (Å²) in [6, 6.07) is 4.00. The van der Waals surface area contributed by atoms with Crippen LogP contribution in [0.3, 0.4) is 0 Å². The minimum atomic E-state index is 0.600. The molecular formula is C12H19N3OS. The molecule has 0 atom stereocenters. The summed E-state index contributed by atoms with van der Waals surface area (Å²) >= 11 is 4.10. The molecule has 0 spiro atoms. The lowest BCUT2D eigenvalue weighted by molar-refractivity contribution is 0.331. The number of nitrogens with zero attached hydrogens (tertiary/aromatic N) is 2. The van der Waals surface area contributed by atoms with Gasteiger partial charge in [-0.25, -0.2) is 4.98 Å². The number of nitrogens with one attached hydrogen (secondary N) is 1. The van der Waals surface area contributed by atoms with Gasteiger partial charge in [0.1, 0.15) is 0 Å². The van der Waals surface area contributed by atoms with Crippen molar-refractivity contribution in [2.45, 2.75) is 6.42 Å². The number of anilines is 1. The normalized spacial score (nSPS) is 16.6. The lowest BCUT2D eigenvalue weighted by Gasteiger charge is -2.21. The first-order valence-electron chi connectivity index (χ1n) is 6.05. The number of thiol groups is 1. The smallest absolute Gasteiger partial charge is 0.213 e. The van der Waals surface area contributed by atoms with Crippen molar-refractivity contribution in [2.75, 3.05) is 43.4 Å². The molecular weight excluding hydrogens is 234 g/mol. The largest absolute Gasteiger partial charge is 0.477 e. The Balaban J connectivity index is 1.96. The van der Waals surface area contributed by atoms with E-state index in [0.29, 0.717) is 18.2 Å². The number of ether oxygens (including phenoxy) is 1. The zero-order valence-electron chi connectivity index (χ0n) is 9.93. The van der Waals surface area contributed by atoms with E-state index in [1.807, 2.05) is 12.3 Å². The van der Waals surface area contributed by atoms with E-state index in [2.05, 4.69) is 33.9 Å². The number of hydrogen-bond donors (Lipinski definition) is 2. The predicted molar refractivity (Wildman–Crippen MR) is 73.3 cm³/mol. The van der Waals surface area contributed by atoms with Crippen LogP contribution in [0.1, 0.15) is 6.42 Å². The maximum atomic E-state index is 5.40. The molecule has 0 saturated carbocycles. The van der Waals surface area contributed by atoms with E-state index < -0.39 is 0 Å². The second kappa shape index (κ2) is 6.71. The zero-order valence-corrected chi connectivity index (χ0v) is 10.8. The average Bonchev–Trinajstić information content (AvgIpc) is 2.66. The van der Waals surface area contributed by atoms with Crippen LogP contribution in [0.5, 0.6) is 5.88 Å². The zero-order chi connectivity index (χ0) is 11.9. The van der Waals surface area contributed by atoms with Gasteiger partial charge in [0, 0.05) is 31.5 Å². The lowest BCUT2D eigenvalue weighted by Crippen LogP contribution is -2.27. The van der Waals surface area contributed by atoms with E-state index in [1.54, 1.807) is 0 Å². The molecule has 0 bridgehead atoms. The SMILES string of the molecule is SCCOc1ccc(N2CCCNCC2)cn1. The van der Waals surface area contributed by atoms with Crippen molar-refractivity contribution in [3.63, 3.8) is 0 Å². The van der Waals surface area contributed by atoms with Gasteiger partial charge in [0.25, 0.3) is 0 Å². The van der Waals surface area contributed by atoms with Crippen molar-refractivity contribution in [1.29, 1.82) is 0 Å². The van der Waals surface area contributed by atoms with Crippen LogP contribution in [0.2, 0.25) is 0 Å². The molecule has 1 aliphatic rings. The minimum Gasteiger partial charge on any atom is -0.477 e. The van der Waals surface area contributed by atoms with E-state index in [1.165, 1.54) is 12.1 Å². The Morgan fingerprint density at radius 1 is 1.35 bits per heavy atom. The van der Waals surface area contributed by atoms with E-state index >= 15 is 0 Å². The van der Waals surface area contributed by atoms with Gasteiger partial charge in [-0.15, -0.1) is 0 Å². The van der Waals surface area contributed by atoms with E-state index in [-0.39, 0.29) is 0 Å². The molecule has 1 aromatic heterocycles. The summed E-state index contributed by atoms with van der Waals surface area (Å²) in [6.45, 7) is 4.87. The first kappa shape index (κ1) is 12.5. The Bertz CT molecular complexity index is 323. The summed E-state index contributed by atoms with van der Waals surface area (Å²) in [7, 11) is 0. The Kier molecular flexibility index (Phi) is 4.94. The molecule has 2 rings (SSSR count). The maximum absolute atomic E-state index is 5.40. The summed E-state index contributed by atoms with van der Waals surface area (Å²) < 4.78 is 5.40. The monoisotopic (exact) mass is 253 g/mol. The first-order valence-corrected chi connectivity index (χ1v) is 6.69. The van der Waals surface area contributed by atoms with Gasteiger partial charge in [0.15, 0.2) is 0 Å². The summed E-state index contributed by atoms with van der Waals surface area (Å²) in [5.74, 6) is 1.39. The van der Waals surface area contributed by atoms with E-state index in [9.17, 15) is 0 Å². The molecule has 0 radical (unpaired) electrons. The molecule has 0 aromatic carbocycles. The van der Waals surface area contributed by atoms with Gasteiger partial charge in [-0.2, -0.15) is 12.6 Å². The highest BCUT2D eigenvalue weighted by atomic mass is 32.1. The quantitative estimate of drug-likeness (QED) is 0.791. The highest BCUT2D eigenvalue weighted by Crippen LogP contribution is 2.17. The standard InChI is InChI=1S/C12H19N3OS/c17-9-8-16-12-3-2-11(10-14-12)15-6-1-4-13-5-7-15/h2-3,10,13,17H,1,4-9H2. The van der Waals surface area contributed by atoms with Gasteiger partial charge in [0.05, 0.1) is 18.5 Å². The molecule has 94 valence electrons. The van der Waals surface area contributed by atoms with Crippen molar-refractivity contribution in [2.24, 2.45) is 0 Å². The highest BCUT2D eigenvalue weighted by Gasteiger charge is 2.09. The molecule has 4 nitrogen and oxygen atoms in total. The van der Waals surface area contributed by atoms with Crippen LogP contribution >= 0.6 is 12.6 Å². The fourth-order valence-electron chi connectivity index (χ4n) is 1.90. The molecule has 1 aliphatic heterocycles. The lowest BCUT2D eigenvalue weighted by atomic mass is 10.3. The predicted octanol–water partition coefficient (Wildman–Crippen LogP) is 1.19. The summed E-state index contributed by atoms with van der Waals surface area (Å²) in [4.78, 5) is 6.66. The maximum Gasteiger partial charge on any atom is 0.213 e. The van der Waals surface area contributed by atoms with Crippen molar-refractivity contribution in [3.05, 3.63) is 18.3 Å². The van der Waals surface area contributed by atoms with Gasteiger partial charge in [-0.1, -0.05) is 0 Å². The number of aromatic nitrogens is 1. The Labute approximate surface area is 108 Å². The Morgan fingerprint density at radius 3 is 3.06 bits per heavy atom. The van der Waals surface area contributed by atoms with Crippen molar-refractivity contribution < 1.29 is 4.74 Å². The minimum absolute atomic E-state index is 0.600. The highest BCUT2D eigenvalue weighted by molar-refractivity contribution is 7.80. The van der Waals surface area contributed by atoms with Crippen LogP contribution in [-0.2, 0) is 0 Å². The second-order valence-electron chi connectivity index (χ2n) is 4.02. The van der Waals surface area contributed by atoms with Crippen molar-refractivity contribution in [1.82, 2.24) is 10.3 Å². The number of rotatable bonds is 4. The summed E-state index contributed by atoms with van der Waals surface area (Å²) in [6.07, 6.45) is 3.07. The molecule has 0 aliphatic carbocycles. The fraction of sp³-hybridized carbons (Fsp3) is 0.583. The Hall–Kier alpha value is -0.940. The first-order chi connectivity index (χ1) is 8.40. The van der Waals surface area contributed by atoms with E-state index in [4.69, 9.17) is 4.74 Å². The van der Waals surface area contributed by atoms with Crippen LogP contribution in [0.15, 0.2) is 18.3 Å². The van der Waals surface area contributed by atoms with Gasteiger partial charge in [-0.05, 0) is 19.0 Å². The molecule has 1 fully saturated rings. The van der Waals surface area contributed by atoms with Crippen LogP contribution < -0.4 is 15.0 Å². The molecule has 2 heterocycles. The average molecular weight is 253 g/mol. The third-order valence-corrected chi connectivity index (χ3v) is 2.95.